The van der Waals surface area contributed by atoms with E-state index in [4.69, 9.17) is 14.5 Å². The van der Waals surface area contributed by atoms with E-state index in [1.807, 2.05) is 30.3 Å². The lowest BCUT2D eigenvalue weighted by atomic mass is 9.87. The first-order valence-electron chi connectivity index (χ1n) is 11.1. The maximum atomic E-state index is 12.1. The van der Waals surface area contributed by atoms with Gasteiger partial charge in [-0.3, -0.25) is 0 Å². The topological polar surface area (TPSA) is 48.4 Å². The summed E-state index contributed by atoms with van der Waals surface area (Å²) in [4.78, 5) is 16.8. The summed E-state index contributed by atoms with van der Waals surface area (Å²) in [7, 11) is 1.40. The largest absolute Gasteiger partial charge is 0.464 e. The van der Waals surface area contributed by atoms with Crippen LogP contribution in [-0.2, 0) is 16.6 Å². The molecule has 0 amide bonds. The molecule has 0 unspecified atom stereocenters. The standard InChI is InChI=1S/C27H31NO3/c1-27(2,3)20-10-13-21(14-11-20)31-22-12-9-19-16-25(26(29)30-4)28-24(23(19)17-22)15-18-7-5-6-8-18/h9-14,16-18H,5-8,15H2,1-4H3. The predicted molar refractivity (Wildman–Crippen MR) is 124 cm³/mol. The van der Waals surface area contributed by atoms with Crippen LogP contribution in [0.3, 0.4) is 0 Å². The molecule has 0 bridgehead atoms. The Kier molecular flexibility index (Phi) is 5.99. The molecule has 1 saturated carbocycles. The average Bonchev–Trinajstić information content (AvgIpc) is 3.26. The molecule has 1 heterocycles. The molecular weight excluding hydrogens is 386 g/mol. The van der Waals surface area contributed by atoms with Crippen molar-refractivity contribution in [2.24, 2.45) is 5.92 Å². The molecule has 0 aliphatic heterocycles. The van der Waals surface area contributed by atoms with Gasteiger partial charge in [-0.2, -0.15) is 0 Å². The van der Waals surface area contributed by atoms with Crippen molar-refractivity contribution < 1.29 is 14.3 Å². The van der Waals surface area contributed by atoms with Gasteiger partial charge in [0.1, 0.15) is 17.2 Å². The van der Waals surface area contributed by atoms with Gasteiger partial charge in [-0.05, 0) is 59.0 Å². The number of carbonyl (C=O) groups excluding carboxylic acids is 1. The molecule has 0 spiro atoms. The van der Waals surface area contributed by atoms with Gasteiger partial charge in [0.25, 0.3) is 0 Å². The molecule has 1 aliphatic rings. The summed E-state index contributed by atoms with van der Waals surface area (Å²) in [6, 6.07) is 16.1. The fourth-order valence-electron chi connectivity index (χ4n) is 4.37. The van der Waals surface area contributed by atoms with E-state index < -0.39 is 5.97 Å². The zero-order chi connectivity index (χ0) is 22.0. The van der Waals surface area contributed by atoms with Crippen molar-refractivity contribution in [2.45, 2.75) is 58.3 Å². The Hall–Kier alpha value is -2.88. The Bertz CT molecular complexity index is 1070. The van der Waals surface area contributed by atoms with E-state index in [-0.39, 0.29) is 5.41 Å². The quantitative estimate of drug-likeness (QED) is 0.426. The molecule has 1 aromatic heterocycles. The second-order valence-electron chi connectivity index (χ2n) is 9.56. The van der Waals surface area contributed by atoms with Crippen LogP contribution >= 0.6 is 0 Å². The number of carbonyl (C=O) groups is 1. The van der Waals surface area contributed by atoms with E-state index in [1.54, 1.807) is 6.07 Å². The molecule has 4 rings (SSSR count). The fourth-order valence-corrected chi connectivity index (χ4v) is 4.37. The van der Waals surface area contributed by atoms with Gasteiger partial charge in [-0.15, -0.1) is 0 Å². The highest BCUT2D eigenvalue weighted by atomic mass is 16.5. The third-order valence-corrected chi connectivity index (χ3v) is 6.19. The smallest absolute Gasteiger partial charge is 0.356 e. The number of rotatable bonds is 5. The summed E-state index contributed by atoms with van der Waals surface area (Å²) in [5.74, 6) is 1.81. The second-order valence-corrected chi connectivity index (χ2v) is 9.56. The maximum Gasteiger partial charge on any atom is 0.356 e. The highest BCUT2D eigenvalue weighted by Crippen LogP contribution is 2.33. The molecule has 1 aliphatic carbocycles. The van der Waals surface area contributed by atoms with Gasteiger partial charge >= 0.3 is 5.97 Å². The van der Waals surface area contributed by atoms with E-state index in [2.05, 4.69) is 32.9 Å². The number of hydrogen-bond donors (Lipinski definition) is 0. The lowest BCUT2D eigenvalue weighted by molar-refractivity contribution is 0.0594. The summed E-state index contributed by atoms with van der Waals surface area (Å²) in [6.45, 7) is 6.61. The van der Waals surface area contributed by atoms with Gasteiger partial charge in [-0.25, -0.2) is 9.78 Å². The first-order chi connectivity index (χ1) is 14.8. The normalized spacial score (nSPS) is 14.7. The zero-order valence-corrected chi connectivity index (χ0v) is 18.9. The van der Waals surface area contributed by atoms with Crippen LogP contribution in [0.5, 0.6) is 11.5 Å². The van der Waals surface area contributed by atoms with Gasteiger partial charge in [0.2, 0.25) is 0 Å². The third kappa shape index (κ3) is 4.90. The summed E-state index contributed by atoms with van der Waals surface area (Å²) < 4.78 is 11.1. The maximum absolute atomic E-state index is 12.1. The van der Waals surface area contributed by atoms with Crippen molar-refractivity contribution in [3.8, 4) is 11.5 Å². The van der Waals surface area contributed by atoms with E-state index in [9.17, 15) is 4.79 Å². The van der Waals surface area contributed by atoms with Crippen molar-refractivity contribution >= 4 is 16.7 Å². The number of hydrogen-bond acceptors (Lipinski definition) is 4. The Labute approximate surface area is 184 Å². The predicted octanol–water partition coefficient (Wildman–Crippen LogP) is 6.84. The lowest BCUT2D eigenvalue weighted by Gasteiger charge is -2.19. The van der Waals surface area contributed by atoms with Gasteiger partial charge < -0.3 is 9.47 Å². The first kappa shape index (κ1) is 21.4. The molecule has 1 fully saturated rings. The highest BCUT2D eigenvalue weighted by Gasteiger charge is 2.20. The van der Waals surface area contributed by atoms with Crippen LogP contribution in [-0.4, -0.2) is 18.1 Å². The second kappa shape index (κ2) is 8.70. The molecule has 4 nitrogen and oxygen atoms in total. The number of benzene rings is 2. The number of pyridine rings is 1. The van der Waals surface area contributed by atoms with Gasteiger partial charge in [0, 0.05) is 11.1 Å². The number of aromatic nitrogens is 1. The molecule has 0 atom stereocenters. The summed E-state index contributed by atoms with van der Waals surface area (Å²) in [6.07, 6.45) is 5.88. The van der Waals surface area contributed by atoms with Crippen LogP contribution in [0.25, 0.3) is 10.8 Å². The molecule has 3 aromatic rings. The molecule has 4 heteroatoms. The van der Waals surface area contributed by atoms with Gasteiger partial charge in [0.05, 0.1) is 7.11 Å². The first-order valence-corrected chi connectivity index (χ1v) is 11.1. The number of esters is 1. The molecule has 0 N–H and O–H groups in total. The summed E-state index contributed by atoms with van der Waals surface area (Å²) >= 11 is 0. The summed E-state index contributed by atoms with van der Waals surface area (Å²) in [5, 5.41) is 2.03. The third-order valence-electron chi connectivity index (χ3n) is 6.19. The number of ether oxygens (including phenoxy) is 2. The highest BCUT2D eigenvalue weighted by molar-refractivity contribution is 5.94. The number of nitrogens with zero attached hydrogens (tertiary/aromatic N) is 1. The SMILES string of the molecule is COC(=O)c1cc2ccc(Oc3ccc(C(C)(C)C)cc3)cc2c(CC2CCCC2)n1. The Morgan fingerprint density at radius 1 is 1.00 bits per heavy atom. The zero-order valence-electron chi connectivity index (χ0n) is 18.9. The molecule has 31 heavy (non-hydrogen) atoms. The Morgan fingerprint density at radius 2 is 1.68 bits per heavy atom. The minimum atomic E-state index is -0.395. The van der Waals surface area contributed by atoms with Crippen LogP contribution in [0.15, 0.2) is 48.5 Å². The Balaban J connectivity index is 1.67. The van der Waals surface area contributed by atoms with Crippen LogP contribution in [0.1, 0.15) is 68.2 Å². The average molecular weight is 418 g/mol. The molecule has 0 saturated heterocycles. The lowest BCUT2D eigenvalue weighted by Crippen LogP contribution is -2.10. The van der Waals surface area contributed by atoms with Crippen LogP contribution in [0.4, 0.5) is 0 Å². The molecule has 0 radical (unpaired) electrons. The van der Waals surface area contributed by atoms with E-state index in [0.717, 1.165) is 34.4 Å². The molecular formula is C27H31NO3. The van der Waals surface area contributed by atoms with E-state index in [1.165, 1.54) is 38.4 Å². The Morgan fingerprint density at radius 3 is 2.32 bits per heavy atom. The van der Waals surface area contributed by atoms with Gasteiger partial charge in [-0.1, -0.05) is 64.7 Å². The summed E-state index contributed by atoms with van der Waals surface area (Å²) in [5.41, 5.74) is 2.71. The minimum absolute atomic E-state index is 0.111. The van der Waals surface area contributed by atoms with Crippen molar-refractivity contribution in [1.29, 1.82) is 0 Å². The fraction of sp³-hybridized carbons (Fsp3) is 0.407. The van der Waals surface area contributed by atoms with E-state index in [0.29, 0.717) is 11.6 Å². The van der Waals surface area contributed by atoms with Gasteiger partial charge in [0.15, 0.2) is 0 Å². The monoisotopic (exact) mass is 417 g/mol. The van der Waals surface area contributed by atoms with Crippen LogP contribution < -0.4 is 4.74 Å². The van der Waals surface area contributed by atoms with Crippen LogP contribution in [0.2, 0.25) is 0 Å². The van der Waals surface area contributed by atoms with Crippen molar-refractivity contribution in [1.82, 2.24) is 4.98 Å². The minimum Gasteiger partial charge on any atom is -0.464 e. The van der Waals surface area contributed by atoms with Crippen molar-refractivity contribution in [2.75, 3.05) is 7.11 Å². The van der Waals surface area contributed by atoms with Crippen LogP contribution in [0, 0.1) is 5.92 Å². The molecule has 162 valence electrons. The molecule has 2 aromatic carbocycles. The number of fused-ring (bicyclic) bond motifs is 1. The van der Waals surface area contributed by atoms with Crippen molar-refractivity contribution in [3.63, 3.8) is 0 Å². The van der Waals surface area contributed by atoms with Crippen molar-refractivity contribution in [3.05, 3.63) is 65.5 Å². The van der Waals surface area contributed by atoms with E-state index >= 15 is 0 Å². The number of methoxy groups -OCH3 is 1.